The Labute approximate surface area is 107 Å². The van der Waals surface area contributed by atoms with E-state index in [4.69, 9.17) is 4.74 Å². The number of amides is 1. The maximum atomic E-state index is 12.0. The van der Waals surface area contributed by atoms with Gasteiger partial charge in [0, 0.05) is 18.5 Å². The number of hydrogen-bond acceptors (Lipinski definition) is 3. The van der Waals surface area contributed by atoms with Crippen molar-refractivity contribution in [3.63, 3.8) is 0 Å². The number of thiophene rings is 1. The Balaban J connectivity index is 2.03. The van der Waals surface area contributed by atoms with E-state index in [1.54, 1.807) is 0 Å². The Kier molecular flexibility index (Phi) is 4.00. The summed E-state index contributed by atoms with van der Waals surface area (Å²) in [6.45, 7) is 1.44. The summed E-state index contributed by atoms with van der Waals surface area (Å²) in [6, 6.07) is 3.74. The van der Waals surface area contributed by atoms with Gasteiger partial charge in [0.15, 0.2) is 0 Å². The van der Waals surface area contributed by atoms with Gasteiger partial charge >= 0.3 is 0 Å². The highest BCUT2D eigenvalue weighted by Gasteiger charge is 2.33. The van der Waals surface area contributed by atoms with Gasteiger partial charge in [-0.15, -0.1) is 11.3 Å². The van der Waals surface area contributed by atoms with Crippen LogP contribution < -0.4 is 5.32 Å². The first-order chi connectivity index (χ1) is 7.76. The fraction of sp³-hybridized carbons (Fsp3) is 0.545. The molecule has 0 bridgehead atoms. The summed E-state index contributed by atoms with van der Waals surface area (Å²) in [5, 5.41) is 5.82. The van der Waals surface area contributed by atoms with Crippen LogP contribution in [-0.4, -0.2) is 30.0 Å². The van der Waals surface area contributed by atoms with Crippen molar-refractivity contribution in [3.8, 4) is 0 Å². The normalized spacial score (nSPS) is 19.3. The summed E-state index contributed by atoms with van der Waals surface area (Å²) >= 11 is 4.96. The molecule has 2 heterocycles. The number of carbonyl (C=O) groups excluding carboxylic acids is 1. The number of ether oxygens (including phenoxy) is 1. The zero-order chi connectivity index (χ0) is 11.4. The van der Waals surface area contributed by atoms with E-state index in [-0.39, 0.29) is 11.4 Å². The molecule has 0 aromatic carbocycles. The van der Waals surface area contributed by atoms with Gasteiger partial charge in [-0.1, -0.05) is 22.0 Å². The molecule has 0 spiro atoms. The summed E-state index contributed by atoms with van der Waals surface area (Å²) in [6.07, 6.45) is 1.74. The molecule has 1 N–H and O–H groups in total. The van der Waals surface area contributed by atoms with Gasteiger partial charge in [-0.3, -0.25) is 4.79 Å². The van der Waals surface area contributed by atoms with Gasteiger partial charge in [-0.05, 0) is 24.3 Å². The van der Waals surface area contributed by atoms with E-state index in [0.717, 1.165) is 36.3 Å². The SMILES string of the molecule is O=C(NC1(CBr)CCOCC1)c1cccs1. The average molecular weight is 304 g/mol. The highest BCUT2D eigenvalue weighted by atomic mass is 79.9. The van der Waals surface area contributed by atoms with Gasteiger partial charge in [0.05, 0.1) is 10.4 Å². The van der Waals surface area contributed by atoms with E-state index in [9.17, 15) is 4.79 Å². The van der Waals surface area contributed by atoms with Gasteiger partial charge < -0.3 is 10.1 Å². The minimum Gasteiger partial charge on any atom is -0.381 e. The molecule has 1 aromatic heterocycles. The lowest BCUT2D eigenvalue weighted by Crippen LogP contribution is -2.53. The zero-order valence-corrected chi connectivity index (χ0v) is 11.3. The predicted molar refractivity (Wildman–Crippen MR) is 68.4 cm³/mol. The molecule has 0 aliphatic carbocycles. The second-order valence-corrected chi connectivity index (χ2v) is 5.47. The molecule has 1 aliphatic rings. The molecule has 1 saturated heterocycles. The van der Waals surface area contributed by atoms with E-state index < -0.39 is 0 Å². The lowest BCUT2D eigenvalue weighted by atomic mass is 9.92. The molecule has 1 aliphatic heterocycles. The molecule has 3 nitrogen and oxygen atoms in total. The first-order valence-electron chi connectivity index (χ1n) is 5.25. The van der Waals surface area contributed by atoms with Gasteiger partial charge in [0.2, 0.25) is 0 Å². The highest BCUT2D eigenvalue weighted by Crippen LogP contribution is 2.24. The fourth-order valence-corrected chi connectivity index (χ4v) is 3.08. The minimum absolute atomic E-state index is 0.0244. The third-order valence-corrected chi connectivity index (χ3v) is 4.77. The lowest BCUT2D eigenvalue weighted by molar-refractivity contribution is 0.0443. The highest BCUT2D eigenvalue weighted by molar-refractivity contribution is 9.09. The molecule has 2 rings (SSSR count). The van der Waals surface area contributed by atoms with Crippen molar-refractivity contribution in [2.75, 3.05) is 18.5 Å². The molecule has 1 amide bonds. The fourth-order valence-electron chi connectivity index (χ4n) is 1.76. The first-order valence-corrected chi connectivity index (χ1v) is 7.26. The van der Waals surface area contributed by atoms with Crippen LogP contribution >= 0.6 is 27.3 Å². The Morgan fingerprint density at radius 1 is 1.56 bits per heavy atom. The minimum atomic E-state index is -0.140. The Hall–Kier alpha value is -0.390. The van der Waals surface area contributed by atoms with Crippen molar-refractivity contribution >= 4 is 33.2 Å². The van der Waals surface area contributed by atoms with E-state index in [0.29, 0.717) is 0 Å². The van der Waals surface area contributed by atoms with Crippen LogP contribution in [0.4, 0.5) is 0 Å². The molecular weight excluding hydrogens is 290 g/mol. The van der Waals surface area contributed by atoms with E-state index in [1.165, 1.54) is 11.3 Å². The number of carbonyl (C=O) groups is 1. The summed E-state index contributed by atoms with van der Waals surface area (Å²) in [5.74, 6) is 0.0244. The molecule has 16 heavy (non-hydrogen) atoms. The summed E-state index contributed by atoms with van der Waals surface area (Å²) < 4.78 is 5.33. The maximum absolute atomic E-state index is 12.0. The molecule has 88 valence electrons. The number of halogens is 1. The Morgan fingerprint density at radius 2 is 2.31 bits per heavy atom. The van der Waals surface area contributed by atoms with Gasteiger partial charge in [-0.2, -0.15) is 0 Å². The first kappa shape index (κ1) is 12.1. The molecule has 5 heteroatoms. The molecule has 0 unspecified atom stereocenters. The number of alkyl halides is 1. The van der Waals surface area contributed by atoms with Crippen molar-refractivity contribution in [1.29, 1.82) is 0 Å². The molecule has 0 saturated carbocycles. The molecule has 0 atom stereocenters. The van der Waals surface area contributed by atoms with Crippen LogP contribution in [0.3, 0.4) is 0 Å². The lowest BCUT2D eigenvalue weighted by Gasteiger charge is -2.36. The van der Waals surface area contributed by atoms with E-state index in [2.05, 4.69) is 21.2 Å². The van der Waals surface area contributed by atoms with Gasteiger partial charge in [0.25, 0.3) is 5.91 Å². The van der Waals surface area contributed by atoms with Crippen LogP contribution in [0.5, 0.6) is 0 Å². The van der Waals surface area contributed by atoms with Crippen LogP contribution in [0.2, 0.25) is 0 Å². The monoisotopic (exact) mass is 303 g/mol. The van der Waals surface area contributed by atoms with Crippen LogP contribution in [0, 0.1) is 0 Å². The van der Waals surface area contributed by atoms with Crippen LogP contribution in [-0.2, 0) is 4.74 Å². The third kappa shape index (κ3) is 2.64. The van der Waals surface area contributed by atoms with Crippen molar-refractivity contribution < 1.29 is 9.53 Å². The Morgan fingerprint density at radius 3 is 2.88 bits per heavy atom. The largest absolute Gasteiger partial charge is 0.381 e. The number of nitrogens with one attached hydrogen (secondary N) is 1. The van der Waals surface area contributed by atoms with Gasteiger partial charge in [-0.25, -0.2) is 0 Å². The standard InChI is InChI=1S/C11H14BrNO2S/c12-8-11(3-5-15-6-4-11)13-10(14)9-2-1-7-16-9/h1-2,7H,3-6,8H2,(H,13,14). The average Bonchev–Trinajstić information content (AvgIpc) is 2.84. The van der Waals surface area contributed by atoms with Gasteiger partial charge in [0.1, 0.15) is 0 Å². The van der Waals surface area contributed by atoms with E-state index >= 15 is 0 Å². The Bertz CT molecular complexity index is 347. The van der Waals surface area contributed by atoms with Crippen LogP contribution in [0.15, 0.2) is 17.5 Å². The smallest absolute Gasteiger partial charge is 0.261 e. The maximum Gasteiger partial charge on any atom is 0.261 e. The number of hydrogen-bond donors (Lipinski definition) is 1. The molecule has 1 fully saturated rings. The number of rotatable bonds is 3. The van der Waals surface area contributed by atoms with Crippen molar-refractivity contribution in [2.24, 2.45) is 0 Å². The molecular formula is C11H14BrNO2S. The van der Waals surface area contributed by atoms with Crippen molar-refractivity contribution in [1.82, 2.24) is 5.32 Å². The van der Waals surface area contributed by atoms with Crippen molar-refractivity contribution in [3.05, 3.63) is 22.4 Å². The molecule has 1 aromatic rings. The van der Waals surface area contributed by atoms with Crippen LogP contribution in [0.1, 0.15) is 22.5 Å². The predicted octanol–water partition coefficient (Wildman–Crippen LogP) is 2.42. The second kappa shape index (κ2) is 5.29. The van der Waals surface area contributed by atoms with E-state index in [1.807, 2.05) is 17.5 Å². The van der Waals surface area contributed by atoms with Crippen molar-refractivity contribution in [2.45, 2.75) is 18.4 Å². The second-order valence-electron chi connectivity index (χ2n) is 3.96. The summed E-state index contributed by atoms with van der Waals surface area (Å²) in [5.41, 5.74) is -0.140. The molecule has 0 radical (unpaired) electrons. The zero-order valence-electron chi connectivity index (χ0n) is 8.87. The third-order valence-electron chi connectivity index (χ3n) is 2.83. The summed E-state index contributed by atoms with van der Waals surface area (Å²) in [7, 11) is 0. The quantitative estimate of drug-likeness (QED) is 0.871. The van der Waals surface area contributed by atoms with Crippen LogP contribution in [0.25, 0.3) is 0 Å². The summed E-state index contributed by atoms with van der Waals surface area (Å²) in [4.78, 5) is 12.7. The topological polar surface area (TPSA) is 38.3 Å².